The van der Waals surface area contributed by atoms with Crippen molar-refractivity contribution in [3.63, 3.8) is 0 Å². The Morgan fingerprint density at radius 2 is 2.13 bits per heavy atom. The van der Waals surface area contributed by atoms with Gasteiger partial charge in [0.15, 0.2) is 0 Å². The minimum absolute atomic E-state index is 0.493. The highest BCUT2D eigenvalue weighted by molar-refractivity contribution is 9.10. The smallest absolute Gasteiger partial charge is 0.0210 e. The molecular formula is C12H18BrNS. The molecule has 1 atom stereocenters. The van der Waals surface area contributed by atoms with Crippen molar-refractivity contribution < 1.29 is 0 Å². The largest absolute Gasteiger partial charge is 0.330 e. The Hall–Kier alpha value is 0.01000. The first-order chi connectivity index (χ1) is 7.29. The average Bonchev–Trinajstić information content (AvgIpc) is 2.26. The molecule has 0 spiro atoms. The fourth-order valence-electron chi connectivity index (χ4n) is 1.68. The van der Waals surface area contributed by atoms with E-state index in [1.54, 1.807) is 0 Å². The van der Waals surface area contributed by atoms with E-state index in [0.29, 0.717) is 5.92 Å². The molecule has 1 aromatic rings. The van der Waals surface area contributed by atoms with E-state index in [1.807, 2.05) is 17.8 Å². The number of hydrogen-bond acceptors (Lipinski definition) is 2. The van der Waals surface area contributed by atoms with E-state index in [0.717, 1.165) is 6.54 Å². The Balaban J connectivity index is 2.61. The fourth-order valence-corrected chi connectivity index (χ4v) is 2.74. The molecule has 0 saturated carbocycles. The minimum atomic E-state index is 0.493. The number of halogens is 1. The molecule has 3 heteroatoms. The lowest BCUT2D eigenvalue weighted by molar-refractivity contribution is 0.623. The molecule has 0 heterocycles. The molecule has 1 nitrogen and oxygen atoms in total. The van der Waals surface area contributed by atoms with Crippen LogP contribution < -0.4 is 5.73 Å². The maximum absolute atomic E-state index is 5.83. The quantitative estimate of drug-likeness (QED) is 0.809. The van der Waals surface area contributed by atoms with E-state index in [4.69, 9.17) is 5.73 Å². The third kappa shape index (κ3) is 4.17. The van der Waals surface area contributed by atoms with Crippen LogP contribution in [0.25, 0.3) is 0 Å². The van der Waals surface area contributed by atoms with Crippen molar-refractivity contribution in [3.05, 3.63) is 34.3 Å². The second kappa shape index (κ2) is 7.31. The van der Waals surface area contributed by atoms with Gasteiger partial charge in [0.1, 0.15) is 0 Å². The lowest BCUT2D eigenvalue weighted by atomic mass is 9.95. The standard InChI is InChI=1S/C12H18BrNS/c1-15-8-4-5-10(9-14)11-6-2-3-7-12(11)13/h2-3,6-7,10H,4-5,8-9,14H2,1H3. The highest BCUT2D eigenvalue weighted by atomic mass is 79.9. The van der Waals surface area contributed by atoms with Gasteiger partial charge >= 0.3 is 0 Å². The lowest BCUT2D eigenvalue weighted by Gasteiger charge is -2.16. The highest BCUT2D eigenvalue weighted by Gasteiger charge is 2.11. The van der Waals surface area contributed by atoms with Gasteiger partial charge in [-0.05, 0) is 48.9 Å². The van der Waals surface area contributed by atoms with Crippen molar-refractivity contribution in [2.75, 3.05) is 18.6 Å². The van der Waals surface area contributed by atoms with Gasteiger partial charge in [0, 0.05) is 4.47 Å². The van der Waals surface area contributed by atoms with Gasteiger partial charge in [0.2, 0.25) is 0 Å². The zero-order valence-corrected chi connectivity index (χ0v) is 11.5. The highest BCUT2D eigenvalue weighted by Crippen LogP contribution is 2.27. The van der Waals surface area contributed by atoms with Crippen LogP contribution in [0, 0.1) is 0 Å². The lowest BCUT2D eigenvalue weighted by Crippen LogP contribution is -2.13. The average molecular weight is 288 g/mol. The molecule has 1 unspecified atom stereocenters. The molecule has 0 radical (unpaired) electrons. The predicted octanol–water partition coefficient (Wildman–Crippen LogP) is 3.63. The Labute approximate surface area is 105 Å². The van der Waals surface area contributed by atoms with Crippen molar-refractivity contribution in [1.82, 2.24) is 0 Å². The van der Waals surface area contributed by atoms with Gasteiger partial charge in [0.25, 0.3) is 0 Å². The molecule has 0 aliphatic carbocycles. The van der Waals surface area contributed by atoms with Crippen molar-refractivity contribution in [2.45, 2.75) is 18.8 Å². The molecule has 0 bridgehead atoms. The van der Waals surface area contributed by atoms with E-state index in [2.05, 4.69) is 40.4 Å². The molecule has 1 aromatic carbocycles. The predicted molar refractivity (Wildman–Crippen MR) is 73.6 cm³/mol. The van der Waals surface area contributed by atoms with E-state index in [-0.39, 0.29) is 0 Å². The second-order valence-electron chi connectivity index (χ2n) is 3.59. The summed E-state index contributed by atoms with van der Waals surface area (Å²) in [5.74, 6) is 1.72. The molecule has 0 amide bonds. The van der Waals surface area contributed by atoms with Crippen LogP contribution in [-0.2, 0) is 0 Å². The zero-order chi connectivity index (χ0) is 11.1. The zero-order valence-electron chi connectivity index (χ0n) is 9.08. The summed E-state index contributed by atoms with van der Waals surface area (Å²) in [5.41, 5.74) is 7.18. The van der Waals surface area contributed by atoms with Gasteiger partial charge in [-0.1, -0.05) is 34.1 Å². The van der Waals surface area contributed by atoms with Gasteiger partial charge in [-0.15, -0.1) is 0 Å². The number of rotatable bonds is 6. The number of hydrogen-bond donors (Lipinski definition) is 1. The molecule has 0 fully saturated rings. The maximum Gasteiger partial charge on any atom is 0.0210 e. The van der Waals surface area contributed by atoms with Crippen LogP contribution in [-0.4, -0.2) is 18.6 Å². The summed E-state index contributed by atoms with van der Waals surface area (Å²) in [6.45, 7) is 0.733. The molecular weight excluding hydrogens is 270 g/mol. The molecule has 0 aromatic heterocycles. The van der Waals surface area contributed by atoms with Crippen LogP contribution in [0.1, 0.15) is 24.3 Å². The van der Waals surface area contributed by atoms with Crippen LogP contribution >= 0.6 is 27.7 Å². The molecule has 84 valence electrons. The minimum Gasteiger partial charge on any atom is -0.330 e. The van der Waals surface area contributed by atoms with Crippen LogP contribution in [0.3, 0.4) is 0 Å². The van der Waals surface area contributed by atoms with Crippen molar-refractivity contribution in [3.8, 4) is 0 Å². The molecule has 2 N–H and O–H groups in total. The Morgan fingerprint density at radius 3 is 2.73 bits per heavy atom. The summed E-state index contributed by atoms with van der Waals surface area (Å²) in [6.07, 6.45) is 4.57. The maximum atomic E-state index is 5.83. The molecule has 0 aliphatic heterocycles. The van der Waals surface area contributed by atoms with Gasteiger partial charge in [-0.3, -0.25) is 0 Å². The van der Waals surface area contributed by atoms with Gasteiger partial charge in [-0.25, -0.2) is 0 Å². The van der Waals surface area contributed by atoms with Crippen LogP contribution in [0.5, 0.6) is 0 Å². The summed E-state index contributed by atoms with van der Waals surface area (Å²) in [7, 11) is 0. The third-order valence-corrected chi connectivity index (χ3v) is 3.95. The summed E-state index contributed by atoms with van der Waals surface area (Å²) in [4.78, 5) is 0. The van der Waals surface area contributed by atoms with E-state index in [1.165, 1.54) is 28.6 Å². The van der Waals surface area contributed by atoms with Crippen LogP contribution in [0.2, 0.25) is 0 Å². The first kappa shape index (κ1) is 13.1. The summed E-state index contributed by atoms with van der Waals surface area (Å²) in [6, 6.07) is 8.38. The first-order valence-electron chi connectivity index (χ1n) is 5.23. The van der Waals surface area contributed by atoms with E-state index >= 15 is 0 Å². The Morgan fingerprint density at radius 1 is 1.40 bits per heavy atom. The van der Waals surface area contributed by atoms with E-state index < -0.39 is 0 Å². The van der Waals surface area contributed by atoms with Crippen molar-refractivity contribution >= 4 is 27.7 Å². The summed E-state index contributed by atoms with van der Waals surface area (Å²) >= 11 is 5.49. The SMILES string of the molecule is CSCCCC(CN)c1ccccc1Br. The van der Waals surface area contributed by atoms with Gasteiger partial charge < -0.3 is 5.73 Å². The first-order valence-corrected chi connectivity index (χ1v) is 7.41. The number of thioether (sulfide) groups is 1. The van der Waals surface area contributed by atoms with Crippen LogP contribution in [0.4, 0.5) is 0 Å². The molecule has 0 aliphatic rings. The monoisotopic (exact) mass is 287 g/mol. The Kier molecular flexibility index (Phi) is 6.37. The fraction of sp³-hybridized carbons (Fsp3) is 0.500. The van der Waals surface area contributed by atoms with Crippen molar-refractivity contribution in [1.29, 1.82) is 0 Å². The third-order valence-electron chi connectivity index (χ3n) is 2.53. The van der Waals surface area contributed by atoms with E-state index in [9.17, 15) is 0 Å². The van der Waals surface area contributed by atoms with Crippen LogP contribution in [0.15, 0.2) is 28.7 Å². The number of nitrogens with two attached hydrogens (primary N) is 1. The topological polar surface area (TPSA) is 26.0 Å². The number of benzene rings is 1. The summed E-state index contributed by atoms with van der Waals surface area (Å²) in [5, 5.41) is 0. The second-order valence-corrected chi connectivity index (χ2v) is 5.43. The normalized spacial score (nSPS) is 12.7. The van der Waals surface area contributed by atoms with Crippen molar-refractivity contribution in [2.24, 2.45) is 5.73 Å². The molecule has 1 rings (SSSR count). The summed E-state index contributed by atoms with van der Waals surface area (Å²) < 4.78 is 1.18. The van der Waals surface area contributed by atoms with Gasteiger partial charge in [-0.2, -0.15) is 11.8 Å². The Bertz CT molecular complexity index is 291. The van der Waals surface area contributed by atoms with Gasteiger partial charge in [0.05, 0.1) is 0 Å². The molecule has 15 heavy (non-hydrogen) atoms. The molecule has 0 saturated heterocycles.